The van der Waals surface area contributed by atoms with E-state index >= 15 is 0 Å². The fraction of sp³-hybridized carbons (Fsp3) is 0.474. The summed E-state index contributed by atoms with van der Waals surface area (Å²) in [6.07, 6.45) is 9.43. The average Bonchev–Trinajstić information content (AvgIpc) is 3.58. The first kappa shape index (κ1) is 36.4. The summed E-state index contributed by atoms with van der Waals surface area (Å²) in [6.45, 7) is 13.2. The van der Waals surface area contributed by atoms with Crippen LogP contribution in [0.15, 0.2) is 48.7 Å². The lowest BCUT2D eigenvalue weighted by atomic mass is 9.89. The normalized spacial score (nSPS) is 16.2. The Kier molecular flexibility index (Phi) is 11.6. The van der Waals surface area contributed by atoms with Crippen LogP contribution < -0.4 is 25.8 Å². The highest BCUT2D eigenvalue weighted by Gasteiger charge is 2.22. The molecule has 5 N–H and O–H groups in total. The highest BCUT2D eigenvalue weighted by Crippen LogP contribution is 2.35. The summed E-state index contributed by atoms with van der Waals surface area (Å²) in [5.74, 6) is 2.03. The van der Waals surface area contributed by atoms with Crippen LogP contribution in [0.3, 0.4) is 0 Å². The summed E-state index contributed by atoms with van der Waals surface area (Å²) < 4.78 is 12.3. The van der Waals surface area contributed by atoms with Crippen molar-refractivity contribution in [3.05, 3.63) is 64.9 Å². The van der Waals surface area contributed by atoms with Gasteiger partial charge in [0.1, 0.15) is 23.1 Å². The third kappa shape index (κ3) is 9.69. The fourth-order valence-electron chi connectivity index (χ4n) is 6.78. The van der Waals surface area contributed by atoms with Crippen LogP contribution >= 0.6 is 11.6 Å². The molecule has 0 atom stereocenters. The summed E-state index contributed by atoms with van der Waals surface area (Å²) in [6, 6.07) is 11.3. The Morgan fingerprint density at radius 3 is 2.45 bits per heavy atom. The van der Waals surface area contributed by atoms with Gasteiger partial charge in [-0.2, -0.15) is 5.10 Å². The number of primary amides is 1. The first-order valence-corrected chi connectivity index (χ1v) is 18.3. The van der Waals surface area contributed by atoms with Gasteiger partial charge in [-0.3, -0.25) is 20.2 Å². The summed E-state index contributed by atoms with van der Waals surface area (Å²) in [5.41, 5.74) is 7.71. The van der Waals surface area contributed by atoms with Gasteiger partial charge >= 0.3 is 6.03 Å². The largest absolute Gasteiger partial charge is 0.493 e. The van der Waals surface area contributed by atoms with Gasteiger partial charge in [0, 0.05) is 74.5 Å². The van der Waals surface area contributed by atoms with E-state index in [9.17, 15) is 9.59 Å². The van der Waals surface area contributed by atoms with Crippen molar-refractivity contribution in [3.8, 4) is 17.2 Å². The molecule has 4 aromatic rings. The third-order valence-corrected chi connectivity index (χ3v) is 9.97. The number of hydrogen-bond acceptors (Lipinski definition) is 8. The standard InChI is InChI=1S/C38H49ClN8O4/c1-38(2,3)34-23-35(45-44-34)43-37(49)42-30-11-10-26(20-29(30)39)51-32-12-13-41-31-22-33(28(36(40)48)21-27(31)32)50-19-7-14-46-15-17-47(18-16-46)24-25-8-5-4-6-9-25/h10-13,20-23,25H,4-9,14-19,24H2,1-3H3,(H2,40,48)(H3,42,43,44,45,49). The fourth-order valence-corrected chi connectivity index (χ4v) is 7.00. The molecular weight excluding hydrogens is 668 g/mol. The van der Waals surface area contributed by atoms with Crippen LogP contribution in [-0.2, 0) is 5.41 Å². The Hall–Kier alpha value is -4.39. The summed E-state index contributed by atoms with van der Waals surface area (Å²) in [7, 11) is 0. The number of nitrogens with zero attached hydrogens (tertiary/aromatic N) is 4. The minimum absolute atomic E-state index is 0.159. The molecule has 2 aliphatic rings. The molecule has 3 amide bonds. The van der Waals surface area contributed by atoms with E-state index < -0.39 is 11.9 Å². The molecule has 2 aromatic carbocycles. The molecule has 0 unspecified atom stereocenters. The molecule has 2 fully saturated rings. The van der Waals surface area contributed by atoms with E-state index in [1.807, 2.05) is 20.8 Å². The SMILES string of the molecule is CC(C)(C)c1cc(NC(=O)Nc2ccc(Oc3ccnc4cc(OCCCN5CCN(CC6CCCCC6)CC5)c(C(N)=O)cc34)cc2Cl)[nH]n1. The van der Waals surface area contributed by atoms with E-state index in [0.717, 1.165) is 50.8 Å². The maximum absolute atomic E-state index is 12.6. The Morgan fingerprint density at radius 1 is 0.980 bits per heavy atom. The smallest absolute Gasteiger partial charge is 0.324 e. The van der Waals surface area contributed by atoms with Crippen molar-refractivity contribution in [1.82, 2.24) is 25.0 Å². The molecule has 13 heteroatoms. The van der Waals surface area contributed by atoms with Gasteiger partial charge in [0.15, 0.2) is 0 Å². The quantitative estimate of drug-likeness (QED) is 0.111. The van der Waals surface area contributed by atoms with E-state index in [-0.39, 0.29) is 16.0 Å². The molecule has 0 bridgehead atoms. The zero-order valence-corrected chi connectivity index (χ0v) is 30.5. The number of urea groups is 1. The van der Waals surface area contributed by atoms with Gasteiger partial charge < -0.3 is 30.3 Å². The number of benzene rings is 2. The summed E-state index contributed by atoms with van der Waals surface area (Å²) in [5, 5.41) is 13.4. The minimum atomic E-state index is -0.600. The number of amides is 3. The predicted molar refractivity (Wildman–Crippen MR) is 201 cm³/mol. The van der Waals surface area contributed by atoms with Crippen molar-refractivity contribution < 1.29 is 19.1 Å². The number of aromatic nitrogens is 3. The Morgan fingerprint density at radius 2 is 1.75 bits per heavy atom. The molecule has 0 spiro atoms. The van der Waals surface area contributed by atoms with Crippen molar-refractivity contribution in [2.75, 3.05) is 56.5 Å². The maximum atomic E-state index is 12.6. The van der Waals surface area contributed by atoms with Gasteiger partial charge in [-0.15, -0.1) is 0 Å². The van der Waals surface area contributed by atoms with Crippen molar-refractivity contribution >= 4 is 45.9 Å². The second kappa shape index (κ2) is 16.3. The molecule has 272 valence electrons. The van der Waals surface area contributed by atoms with Crippen LogP contribution in [0.2, 0.25) is 5.02 Å². The number of carbonyl (C=O) groups is 2. The van der Waals surface area contributed by atoms with Gasteiger partial charge in [-0.1, -0.05) is 51.6 Å². The van der Waals surface area contributed by atoms with Gasteiger partial charge in [0.25, 0.3) is 5.91 Å². The molecule has 6 rings (SSSR count). The van der Waals surface area contributed by atoms with Crippen molar-refractivity contribution in [2.24, 2.45) is 11.7 Å². The molecule has 1 aliphatic carbocycles. The Bertz CT molecular complexity index is 1830. The minimum Gasteiger partial charge on any atom is -0.493 e. The number of H-pyrrole nitrogens is 1. The van der Waals surface area contributed by atoms with Crippen molar-refractivity contribution in [3.63, 3.8) is 0 Å². The van der Waals surface area contributed by atoms with E-state index in [0.29, 0.717) is 46.3 Å². The van der Waals surface area contributed by atoms with Gasteiger partial charge in [0.05, 0.1) is 34.1 Å². The molecular formula is C38H49ClN8O4. The molecule has 1 aliphatic heterocycles. The number of nitrogens with one attached hydrogen (secondary N) is 3. The van der Waals surface area contributed by atoms with Gasteiger partial charge in [-0.05, 0) is 49.4 Å². The second-order valence-corrected chi connectivity index (χ2v) is 15.0. The molecule has 3 heterocycles. The van der Waals surface area contributed by atoms with Crippen LogP contribution in [0.1, 0.15) is 75.3 Å². The number of aromatic amines is 1. The van der Waals surface area contributed by atoms with Crippen LogP contribution in [0.4, 0.5) is 16.3 Å². The van der Waals surface area contributed by atoms with Crippen LogP contribution in [0, 0.1) is 5.92 Å². The number of halogens is 1. The average molecular weight is 717 g/mol. The number of pyridine rings is 1. The summed E-state index contributed by atoms with van der Waals surface area (Å²) >= 11 is 6.53. The zero-order chi connectivity index (χ0) is 36.0. The van der Waals surface area contributed by atoms with E-state index in [2.05, 4.69) is 35.6 Å². The number of anilines is 2. The topological polar surface area (TPSA) is 151 Å². The van der Waals surface area contributed by atoms with Gasteiger partial charge in [0.2, 0.25) is 0 Å². The Balaban J connectivity index is 1.03. The number of hydrogen-bond donors (Lipinski definition) is 4. The summed E-state index contributed by atoms with van der Waals surface area (Å²) in [4.78, 5) is 34.8. The number of fused-ring (bicyclic) bond motifs is 1. The molecule has 1 saturated heterocycles. The highest BCUT2D eigenvalue weighted by atomic mass is 35.5. The first-order chi connectivity index (χ1) is 24.5. The van der Waals surface area contributed by atoms with Crippen LogP contribution in [-0.4, -0.2) is 82.8 Å². The number of nitrogens with two attached hydrogens (primary N) is 1. The van der Waals surface area contributed by atoms with Crippen LogP contribution in [0.25, 0.3) is 10.9 Å². The monoisotopic (exact) mass is 716 g/mol. The van der Waals surface area contributed by atoms with Crippen molar-refractivity contribution in [2.45, 2.75) is 64.7 Å². The van der Waals surface area contributed by atoms with Gasteiger partial charge in [-0.25, -0.2) is 4.79 Å². The maximum Gasteiger partial charge on any atom is 0.324 e. The Labute approximate surface area is 304 Å². The van der Waals surface area contributed by atoms with Crippen molar-refractivity contribution in [1.29, 1.82) is 0 Å². The highest BCUT2D eigenvalue weighted by molar-refractivity contribution is 6.34. The lowest BCUT2D eigenvalue weighted by molar-refractivity contribution is 0.0993. The lowest BCUT2D eigenvalue weighted by Crippen LogP contribution is -2.48. The first-order valence-electron chi connectivity index (χ1n) is 17.9. The van der Waals surface area contributed by atoms with E-state index in [1.54, 1.807) is 48.7 Å². The number of ether oxygens (including phenoxy) is 2. The number of carbonyl (C=O) groups excluding carboxylic acids is 2. The number of piperazine rings is 1. The predicted octanol–water partition coefficient (Wildman–Crippen LogP) is 7.41. The third-order valence-electron chi connectivity index (χ3n) is 9.66. The molecule has 2 aromatic heterocycles. The lowest BCUT2D eigenvalue weighted by Gasteiger charge is -2.37. The molecule has 1 saturated carbocycles. The van der Waals surface area contributed by atoms with E-state index in [1.165, 1.54) is 38.6 Å². The molecule has 12 nitrogen and oxygen atoms in total. The number of rotatable bonds is 12. The van der Waals surface area contributed by atoms with E-state index in [4.69, 9.17) is 26.8 Å². The molecule has 51 heavy (non-hydrogen) atoms. The second-order valence-electron chi connectivity index (χ2n) is 14.6. The molecule has 0 radical (unpaired) electrons. The van der Waals surface area contributed by atoms with Crippen LogP contribution in [0.5, 0.6) is 17.2 Å². The zero-order valence-electron chi connectivity index (χ0n) is 29.8.